The zero-order valence-corrected chi connectivity index (χ0v) is 9.56. The van der Waals surface area contributed by atoms with Crippen molar-refractivity contribution < 1.29 is 9.53 Å². The van der Waals surface area contributed by atoms with Crippen molar-refractivity contribution in [1.82, 2.24) is 0 Å². The van der Waals surface area contributed by atoms with Gasteiger partial charge in [-0.05, 0) is 28.1 Å². The number of esters is 1. The summed E-state index contributed by atoms with van der Waals surface area (Å²) in [4.78, 5) is 11.0. The number of unbranched alkanes of at least 4 members (excludes halogenated alkanes) is 1. The highest BCUT2D eigenvalue weighted by atomic mass is 35.7. The molecule has 0 aromatic carbocycles. The van der Waals surface area contributed by atoms with Crippen LogP contribution in [0.1, 0.15) is 19.8 Å². The largest absolute Gasteiger partial charge is 0.463 e. The highest BCUT2D eigenvalue weighted by molar-refractivity contribution is 8.24. The van der Waals surface area contributed by atoms with E-state index in [1.165, 1.54) is 0 Å². The van der Waals surface area contributed by atoms with E-state index in [1.807, 2.05) is 6.92 Å². The molecule has 0 N–H and O–H groups in total. The molecular weight excluding hydrogens is 242 g/mol. The van der Waals surface area contributed by atoms with Crippen LogP contribution >= 0.6 is 44.9 Å². The summed E-state index contributed by atoms with van der Waals surface area (Å²) in [5.74, 6) is -0.709. The molecule has 0 aromatic heterocycles. The van der Waals surface area contributed by atoms with Gasteiger partial charge in [-0.15, -0.1) is 0 Å². The lowest BCUT2D eigenvalue weighted by molar-refractivity contribution is -0.142. The molecule has 72 valence electrons. The number of carbonyl (C=O) groups excluding carboxylic acids is 1. The SMILES string of the molecule is CCCCOC(=O)C(Cl)(Cl)SCl. The summed E-state index contributed by atoms with van der Waals surface area (Å²) in [6.07, 6.45) is 1.74. The van der Waals surface area contributed by atoms with Gasteiger partial charge in [-0.3, -0.25) is 0 Å². The fraction of sp³-hybridized carbons (Fsp3) is 0.833. The van der Waals surface area contributed by atoms with E-state index in [2.05, 4.69) is 0 Å². The first-order valence-electron chi connectivity index (χ1n) is 3.39. The van der Waals surface area contributed by atoms with Gasteiger partial charge >= 0.3 is 5.97 Å². The summed E-state index contributed by atoms with van der Waals surface area (Å²) in [5, 5.41) is 0. The number of halogens is 3. The number of rotatable bonds is 5. The fourth-order valence-electron chi connectivity index (χ4n) is 0.425. The van der Waals surface area contributed by atoms with Crippen molar-refractivity contribution in [3.05, 3.63) is 0 Å². The topological polar surface area (TPSA) is 26.3 Å². The molecule has 0 unspecified atom stereocenters. The van der Waals surface area contributed by atoms with Crippen LogP contribution in [0.2, 0.25) is 0 Å². The maximum Gasteiger partial charge on any atom is 0.354 e. The van der Waals surface area contributed by atoms with Gasteiger partial charge in [0.1, 0.15) is 0 Å². The molecule has 0 aliphatic heterocycles. The quantitative estimate of drug-likeness (QED) is 0.426. The first-order chi connectivity index (χ1) is 5.54. The molecule has 12 heavy (non-hydrogen) atoms. The van der Waals surface area contributed by atoms with Gasteiger partial charge < -0.3 is 4.74 Å². The molecule has 6 heteroatoms. The number of hydrogen-bond donors (Lipinski definition) is 0. The highest BCUT2D eigenvalue weighted by Crippen LogP contribution is 2.38. The minimum atomic E-state index is -1.69. The molecule has 0 aliphatic carbocycles. The van der Waals surface area contributed by atoms with Gasteiger partial charge in [0.25, 0.3) is 3.67 Å². The van der Waals surface area contributed by atoms with Gasteiger partial charge in [0.15, 0.2) is 0 Å². The lowest BCUT2D eigenvalue weighted by atomic mass is 10.4. The number of ether oxygens (including phenoxy) is 1. The number of alkyl halides is 2. The number of hydrogen-bond acceptors (Lipinski definition) is 3. The van der Waals surface area contributed by atoms with E-state index in [-0.39, 0.29) is 0 Å². The molecule has 0 amide bonds. The third-order valence-corrected chi connectivity index (χ3v) is 3.37. The maximum atomic E-state index is 11.0. The van der Waals surface area contributed by atoms with Crippen LogP contribution in [0.5, 0.6) is 0 Å². The molecule has 0 radical (unpaired) electrons. The second kappa shape index (κ2) is 6.19. The van der Waals surface area contributed by atoms with Gasteiger partial charge in [0.05, 0.1) is 6.61 Å². The Morgan fingerprint density at radius 3 is 2.58 bits per heavy atom. The van der Waals surface area contributed by atoms with Crippen LogP contribution in [0, 0.1) is 0 Å². The molecule has 0 aromatic rings. The summed E-state index contributed by atoms with van der Waals surface area (Å²) in [6, 6.07) is 0. The van der Waals surface area contributed by atoms with Crippen molar-refractivity contribution in [1.29, 1.82) is 0 Å². The molecule has 0 fully saturated rings. The van der Waals surface area contributed by atoms with Crippen molar-refractivity contribution in [2.24, 2.45) is 0 Å². The van der Waals surface area contributed by atoms with Gasteiger partial charge in [0, 0.05) is 0 Å². The predicted molar refractivity (Wildman–Crippen MR) is 53.7 cm³/mol. The van der Waals surface area contributed by atoms with Crippen molar-refractivity contribution in [3.63, 3.8) is 0 Å². The smallest absolute Gasteiger partial charge is 0.354 e. The normalized spacial score (nSPS) is 11.3. The summed E-state index contributed by atoms with van der Waals surface area (Å²) < 4.78 is 3.04. The van der Waals surface area contributed by atoms with Crippen LogP contribution < -0.4 is 0 Å². The van der Waals surface area contributed by atoms with E-state index < -0.39 is 9.63 Å². The van der Waals surface area contributed by atoms with Gasteiger partial charge in [-0.2, -0.15) is 0 Å². The molecule has 0 aliphatic rings. The van der Waals surface area contributed by atoms with Crippen molar-refractivity contribution in [3.8, 4) is 0 Å². The second-order valence-electron chi connectivity index (χ2n) is 2.08. The Morgan fingerprint density at radius 1 is 1.58 bits per heavy atom. The van der Waals surface area contributed by atoms with Crippen molar-refractivity contribution in [2.45, 2.75) is 23.4 Å². The van der Waals surface area contributed by atoms with E-state index in [4.69, 9.17) is 38.6 Å². The van der Waals surface area contributed by atoms with Gasteiger partial charge in [-0.25, -0.2) is 4.79 Å². The Morgan fingerprint density at radius 2 is 2.17 bits per heavy atom. The van der Waals surface area contributed by atoms with Gasteiger partial charge in [0.2, 0.25) is 0 Å². The Hall–Kier alpha value is 0.690. The van der Waals surface area contributed by atoms with E-state index >= 15 is 0 Å². The molecular formula is C6H9Cl3O2S. The van der Waals surface area contributed by atoms with E-state index in [0.29, 0.717) is 17.6 Å². The average molecular weight is 252 g/mol. The van der Waals surface area contributed by atoms with Crippen LogP contribution in [0.3, 0.4) is 0 Å². The lowest BCUT2D eigenvalue weighted by Crippen LogP contribution is -2.23. The molecule has 0 spiro atoms. The molecule has 0 bridgehead atoms. The third kappa shape index (κ3) is 4.65. The number of carbonyl (C=O) groups is 1. The van der Waals surface area contributed by atoms with E-state index in [0.717, 1.165) is 12.8 Å². The average Bonchev–Trinajstić information content (AvgIpc) is 2.05. The highest BCUT2D eigenvalue weighted by Gasteiger charge is 2.36. The molecule has 0 atom stereocenters. The third-order valence-electron chi connectivity index (χ3n) is 1.07. The lowest BCUT2D eigenvalue weighted by Gasteiger charge is -2.12. The Bertz CT molecular complexity index is 152. The van der Waals surface area contributed by atoms with Crippen LogP contribution in [-0.2, 0) is 9.53 Å². The van der Waals surface area contributed by atoms with E-state index in [9.17, 15) is 4.79 Å². The zero-order chi connectivity index (χ0) is 9.61. The predicted octanol–water partition coefficient (Wildman–Crippen LogP) is 3.35. The molecule has 2 nitrogen and oxygen atoms in total. The minimum absolute atomic E-state index is 0.327. The standard InChI is InChI=1S/C6H9Cl3O2S/c1-2-3-4-11-5(10)6(7,8)12-9/h2-4H2,1H3. The summed E-state index contributed by atoms with van der Waals surface area (Å²) in [7, 11) is 5.77. The summed E-state index contributed by atoms with van der Waals surface area (Å²) >= 11 is 10.9. The first-order valence-corrected chi connectivity index (χ1v) is 5.79. The molecule has 0 rings (SSSR count). The first kappa shape index (κ1) is 12.7. The summed E-state index contributed by atoms with van der Waals surface area (Å²) in [5.41, 5.74) is 0. The van der Waals surface area contributed by atoms with Crippen molar-refractivity contribution >= 4 is 50.8 Å². The van der Waals surface area contributed by atoms with E-state index in [1.54, 1.807) is 0 Å². The van der Waals surface area contributed by atoms with Crippen LogP contribution in [-0.4, -0.2) is 16.2 Å². The molecule has 0 heterocycles. The monoisotopic (exact) mass is 250 g/mol. The van der Waals surface area contributed by atoms with Crippen LogP contribution in [0.4, 0.5) is 0 Å². The second-order valence-corrected chi connectivity index (χ2v) is 5.09. The summed E-state index contributed by atoms with van der Waals surface area (Å²) in [6.45, 7) is 2.31. The van der Waals surface area contributed by atoms with Crippen LogP contribution in [0.25, 0.3) is 0 Å². The van der Waals surface area contributed by atoms with Crippen molar-refractivity contribution in [2.75, 3.05) is 6.61 Å². The Balaban J connectivity index is 3.72. The Labute approximate surface area is 90.4 Å². The fourth-order valence-corrected chi connectivity index (χ4v) is 0.845. The van der Waals surface area contributed by atoms with Gasteiger partial charge in [-0.1, -0.05) is 36.5 Å². The molecule has 0 saturated heterocycles. The van der Waals surface area contributed by atoms with Crippen LogP contribution in [0.15, 0.2) is 0 Å². The zero-order valence-electron chi connectivity index (χ0n) is 6.48. The minimum Gasteiger partial charge on any atom is -0.463 e. The Kier molecular flexibility index (Phi) is 6.55. The molecule has 0 saturated carbocycles. The maximum absolute atomic E-state index is 11.0.